The quantitative estimate of drug-likeness (QED) is 0.633. The number of allylic oxidation sites excluding steroid dienone is 1. The summed E-state index contributed by atoms with van der Waals surface area (Å²) in [4.78, 5) is 10.5. The summed E-state index contributed by atoms with van der Waals surface area (Å²) in [5.41, 5.74) is 0.764. The molecule has 0 spiro atoms. The van der Waals surface area contributed by atoms with Crippen molar-refractivity contribution in [3.8, 4) is 0 Å². The number of nitrogens with one attached hydrogen (secondary N) is 1. The van der Waals surface area contributed by atoms with Crippen LogP contribution >= 0.6 is 27.7 Å². The van der Waals surface area contributed by atoms with Crippen LogP contribution in [0.4, 0.5) is 8.78 Å². The van der Waals surface area contributed by atoms with E-state index in [4.69, 9.17) is 0 Å². The maximum absolute atomic E-state index is 14.0. The Morgan fingerprint density at radius 3 is 2.48 bits per heavy atom. The second-order valence-electron chi connectivity index (χ2n) is 5.64. The van der Waals surface area contributed by atoms with Crippen LogP contribution in [0.5, 0.6) is 0 Å². The minimum Gasteiger partial charge on any atom is -0.477 e. The molecule has 2 aromatic rings. The van der Waals surface area contributed by atoms with E-state index < -0.39 is 32.5 Å². The van der Waals surface area contributed by atoms with Crippen LogP contribution in [0.3, 0.4) is 0 Å². The van der Waals surface area contributed by atoms with Crippen molar-refractivity contribution in [2.45, 2.75) is 16.6 Å². The lowest BCUT2D eigenvalue weighted by molar-refractivity contribution is -0.131. The fourth-order valence-corrected chi connectivity index (χ4v) is 5.36. The lowest BCUT2D eigenvalue weighted by Crippen LogP contribution is -2.25. The summed E-state index contributed by atoms with van der Waals surface area (Å²) in [6.45, 7) is 0. The van der Waals surface area contributed by atoms with Gasteiger partial charge >= 0.3 is 5.97 Å². The summed E-state index contributed by atoms with van der Waals surface area (Å²) in [5.74, 6) is -3.40. The van der Waals surface area contributed by atoms with Gasteiger partial charge in [0.25, 0.3) is 10.0 Å². The Hall–Kier alpha value is -1.91. The fourth-order valence-electron chi connectivity index (χ4n) is 2.58. The number of hydrogen-bond donors (Lipinski definition) is 2. The van der Waals surface area contributed by atoms with Crippen molar-refractivity contribution in [2.75, 3.05) is 0 Å². The van der Waals surface area contributed by atoms with Crippen molar-refractivity contribution in [3.63, 3.8) is 0 Å². The largest absolute Gasteiger partial charge is 0.477 e. The third-order valence-electron chi connectivity index (χ3n) is 3.81. The van der Waals surface area contributed by atoms with Gasteiger partial charge in [0.05, 0.1) is 4.47 Å². The highest BCUT2D eigenvalue weighted by atomic mass is 79.9. The molecule has 5 nitrogen and oxygen atoms in total. The van der Waals surface area contributed by atoms with E-state index in [0.717, 1.165) is 17.3 Å². The number of halogens is 3. The Morgan fingerprint density at radius 2 is 1.85 bits per heavy atom. The molecule has 2 aromatic carbocycles. The van der Waals surface area contributed by atoms with Crippen LogP contribution < -0.4 is 4.72 Å². The molecule has 1 aliphatic heterocycles. The number of carbonyl (C=O) groups is 1. The normalized spacial score (nSPS) is 17.2. The average Bonchev–Trinajstić information content (AvgIpc) is 3.02. The van der Waals surface area contributed by atoms with Gasteiger partial charge in [-0.2, -0.15) is 0 Å². The van der Waals surface area contributed by atoms with Crippen LogP contribution in [-0.4, -0.2) is 19.5 Å². The number of aliphatic carboxylic acids is 1. The van der Waals surface area contributed by atoms with Crippen molar-refractivity contribution in [1.29, 1.82) is 0 Å². The molecule has 1 atom stereocenters. The first-order valence-electron chi connectivity index (χ1n) is 7.54. The van der Waals surface area contributed by atoms with Crippen molar-refractivity contribution < 1.29 is 27.1 Å². The first-order chi connectivity index (χ1) is 12.7. The minimum atomic E-state index is -4.51. The monoisotopic (exact) mass is 475 g/mol. The molecule has 0 aliphatic carbocycles. The molecule has 0 aromatic heterocycles. The van der Waals surface area contributed by atoms with E-state index in [1.807, 2.05) is 6.07 Å². The Kier molecular flexibility index (Phi) is 5.59. The summed E-state index contributed by atoms with van der Waals surface area (Å²) in [6.07, 6.45) is 0.0934. The maximum Gasteiger partial charge on any atom is 0.344 e. The number of carboxylic acids is 1. The minimum absolute atomic E-state index is 0.0657. The standard InChI is InChI=1S/C17H12BrF2NO4S2/c18-10-6-12(20)15(7-11(10)19)27(24,25)21-13-8-14(26-16(13)17(22)23)9-4-2-1-3-5-9/h1-7,14,21H,8H2,(H,22,23). The molecule has 2 N–H and O–H groups in total. The molecule has 10 heteroatoms. The van der Waals surface area contributed by atoms with Gasteiger partial charge in [0, 0.05) is 17.4 Å². The number of carboxylic acid groups (broad SMARTS) is 1. The molecule has 1 aliphatic rings. The summed E-state index contributed by atoms with van der Waals surface area (Å²) in [6, 6.07) is 10.2. The van der Waals surface area contributed by atoms with Gasteiger partial charge < -0.3 is 5.11 Å². The SMILES string of the molecule is O=C(O)C1=C(NS(=O)(=O)c2cc(F)c(Br)cc2F)CC(c2ccccc2)S1. The summed E-state index contributed by atoms with van der Waals surface area (Å²) in [7, 11) is -4.51. The molecule has 27 heavy (non-hydrogen) atoms. The number of thioether (sulfide) groups is 1. The third kappa shape index (κ3) is 4.17. The second-order valence-corrected chi connectivity index (χ2v) is 9.35. The molecule has 0 radical (unpaired) electrons. The number of benzene rings is 2. The van der Waals surface area contributed by atoms with Crippen LogP contribution in [0.1, 0.15) is 17.2 Å². The highest BCUT2D eigenvalue weighted by Crippen LogP contribution is 2.47. The zero-order valence-electron chi connectivity index (χ0n) is 13.4. The molecule has 1 unspecified atom stereocenters. The van der Waals surface area contributed by atoms with Crippen LogP contribution in [-0.2, 0) is 14.8 Å². The number of rotatable bonds is 5. The topological polar surface area (TPSA) is 83.5 Å². The van der Waals surface area contributed by atoms with Gasteiger partial charge in [0.1, 0.15) is 21.4 Å². The highest BCUT2D eigenvalue weighted by Gasteiger charge is 2.33. The second kappa shape index (κ2) is 7.61. The lowest BCUT2D eigenvalue weighted by Gasteiger charge is -2.12. The summed E-state index contributed by atoms with van der Waals surface area (Å²) < 4.78 is 54.6. The number of sulfonamides is 1. The van der Waals surface area contributed by atoms with E-state index in [1.165, 1.54) is 0 Å². The van der Waals surface area contributed by atoms with Gasteiger partial charge in [0.2, 0.25) is 0 Å². The van der Waals surface area contributed by atoms with Gasteiger partial charge in [-0.25, -0.2) is 22.0 Å². The lowest BCUT2D eigenvalue weighted by atomic mass is 10.1. The molecule has 1 heterocycles. The van der Waals surface area contributed by atoms with E-state index in [0.29, 0.717) is 12.1 Å². The zero-order chi connectivity index (χ0) is 19.8. The van der Waals surface area contributed by atoms with Crippen LogP contribution in [0.2, 0.25) is 0 Å². The van der Waals surface area contributed by atoms with Crippen LogP contribution in [0.25, 0.3) is 0 Å². The van der Waals surface area contributed by atoms with Crippen LogP contribution in [0.15, 0.2) is 62.4 Å². The predicted octanol–water partition coefficient (Wildman–Crippen LogP) is 4.18. The zero-order valence-corrected chi connectivity index (χ0v) is 16.7. The van der Waals surface area contributed by atoms with Gasteiger partial charge in [-0.3, -0.25) is 4.72 Å². The molecule has 0 bridgehead atoms. The van der Waals surface area contributed by atoms with E-state index in [1.54, 1.807) is 24.3 Å². The highest BCUT2D eigenvalue weighted by molar-refractivity contribution is 9.10. The van der Waals surface area contributed by atoms with Crippen molar-refractivity contribution in [2.24, 2.45) is 0 Å². The Balaban J connectivity index is 1.93. The fraction of sp³-hybridized carbons (Fsp3) is 0.118. The predicted molar refractivity (Wildman–Crippen MR) is 100 cm³/mol. The Bertz CT molecular complexity index is 1040. The average molecular weight is 476 g/mol. The Labute approximate surface area is 166 Å². The van der Waals surface area contributed by atoms with Gasteiger partial charge in [-0.1, -0.05) is 30.3 Å². The van der Waals surface area contributed by atoms with E-state index >= 15 is 0 Å². The van der Waals surface area contributed by atoms with E-state index in [2.05, 4.69) is 20.7 Å². The van der Waals surface area contributed by atoms with Crippen molar-refractivity contribution >= 4 is 43.7 Å². The smallest absolute Gasteiger partial charge is 0.344 e. The molecular weight excluding hydrogens is 464 g/mol. The van der Waals surface area contributed by atoms with Crippen molar-refractivity contribution in [3.05, 3.63) is 74.7 Å². The van der Waals surface area contributed by atoms with Crippen molar-refractivity contribution in [1.82, 2.24) is 4.72 Å². The number of hydrogen-bond acceptors (Lipinski definition) is 4. The van der Waals surface area contributed by atoms with Gasteiger partial charge in [0.15, 0.2) is 0 Å². The van der Waals surface area contributed by atoms with Gasteiger partial charge in [-0.05, 0) is 33.6 Å². The molecule has 0 amide bonds. The molecule has 0 saturated heterocycles. The first-order valence-corrected chi connectivity index (χ1v) is 10.7. The Morgan fingerprint density at radius 1 is 1.19 bits per heavy atom. The van der Waals surface area contributed by atoms with Crippen LogP contribution in [0, 0.1) is 11.6 Å². The summed E-state index contributed by atoms with van der Waals surface area (Å²) >= 11 is 3.78. The summed E-state index contributed by atoms with van der Waals surface area (Å²) in [5, 5.41) is 9.09. The molecule has 3 rings (SSSR count). The first kappa shape index (κ1) is 19.8. The molecule has 142 valence electrons. The molecular formula is C17H12BrF2NO4S2. The third-order valence-corrected chi connectivity index (χ3v) is 7.21. The van der Waals surface area contributed by atoms with Gasteiger partial charge in [-0.15, -0.1) is 11.8 Å². The molecule has 0 fully saturated rings. The maximum atomic E-state index is 14.0. The van der Waals surface area contributed by atoms with E-state index in [-0.39, 0.29) is 26.7 Å². The van der Waals surface area contributed by atoms with E-state index in [9.17, 15) is 27.1 Å². The molecule has 0 saturated carbocycles.